The molecule has 5 nitrogen and oxygen atoms in total. The summed E-state index contributed by atoms with van der Waals surface area (Å²) in [5, 5.41) is 6.83. The van der Waals surface area contributed by atoms with Gasteiger partial charge in [-0.05, 0) is 30.0 Å². The van der Waals surface area contributed by atoms with E-state index in [2.05, 4.69) is 24.3 Å². The smallest absolute Gasteiger partial charge is 0.276 e. The van der Waals surface area contributed by atoms with E-state index >= 15 is 0 Å². The summed E-state index contributed by atoms with van der Waals surface area (Å²) in [5.74, 6) is 0.0379. The van der Waals surface area contributed by atoms with Crippen LogP contribution in [0, 0.1) is 0 Å². The van der Waals surface area contributed by atoms with Gasteiger partial charge in [-0.15, -0.1) is 0 Å². The van der Waals surface area contributed by atoms with Crippen LogP contribution < -0.4 is 10.9 Å². The van der Waals surface area contributed by atoms with E-state index in [9.17, 15) is 9.59 Å². The SMILES string of the molecule is CC[C@@H](C)c1ccccc1NC(=O)c1ccc(=O)n(C)n1. The van der Waals surface area contributed by atoms with Gasteiger partial charge in [0.15, 0.2) is 0 Å². The van der Waals surface area contributed by atoms with E-state index in [0.717, 1.165) is 22.4 Å². The molecule has 2 aromatic rings. The van der Waals surface area contributed by atoms with Crippen LogP contribution in [0.1, 0.15) is 42.2 Å². The molecule has 0 bridgehead atoms. The van der Waals surface area contributed by atoms with Crippen LogP contribution in [0.2, 0.25) is 0 Å². The number of nitrogens with one attached hydrogen (secondary N) is 1. The third-order valence-corrected chi connectivity index (χ3v) is 3.55. The lowest BCUT2D eigenvalue weighted by Crippen LogP contribution is -2.24. The van der Waals surface area contributed by atoms with Gasteiger partial charge in [-0.2, -0.15) is 5.10 Å². The highest BCUT2D eigenvalue weighted by molar-refractivity contribution is 6.03. The zero-order valence-electron chi connectivity index (χ0n) is 12.5. The number of amides is 1. The second-order valence-corrected chi connectivity index (χ2v) is 5.03. The predicted molar refractivity (Wildman–Crippen MR) is 82.6 cm³/mol. The monoisotopic (exact) mass is 285 g/mol. The van der Waals surface area contributed by atoms with E-state index in [1.807, 2.05) is 24.3 Å². The summed E-state index contributed by atoms with van der Waals surface area (Å²) in [5.41, 5.74) is 1.85. The Kier molecular flexibility index (Phi) is 4.52. The van der Waals surface area contributed by atoms with Crippen LogP contribution in [0.5, 0.6) is 0 Å². The lowest BCUT2D eigenvalue weighted by atomic mass is 9.97. The second kappa shape index (κ2) is 6.35. The van der Waals surface area contributed by atoms with Gasteiger partial charge in [0.25, 0.3) is 11.5 Å². The Balaban J connectivity index is 2.27. The standard InChI is InChI=1S/C16H19N3O2/c1-4-11(2)12-7-5-6-8-13(12)17-16(21)14-9-10-15(20)19(3)18-14/h5-11H,4H2,1-3H3,(H,17,21)/t11-/m1/s1. The number of aromatic nitrogens is 2. The molecule has 1 N–H and O–H groups in total. The van der Waals surface area contributed by atoms with Crippen LogP contribution in [0.3, 0.4) is 0 Å². The first-order valence-corrected chi connectivity index (χ1v) is 6.97. The number of hydrogen-bond donors (Lipinski definition) is 1. The van der Waals surface area contributed by atoms with Gasteiger partial charge in [0.05, 0.1) is 0 Å². The molecule has 0 spiro atoms. The lowest BCUT2D eigenvalue weighted by Gasteiger charge is -2.15. The number of aryl methyl sites for hydroxylation is 1. The number of anilines is 1. The molecule has 110 valence electrons. The Morgan fingerprint density at radius 1 is 1.29 bits per heavy atom. The Hall–Kier alpha value is -2.43. The Labute approximate surface area is 123 Å². The highest BCUT2D eigenvalue weighted by Gasteiger charge is 2.13. The van der Waals surface area contributed by atoms with Crippen molar-refractivity contribution in [3.05, 3.63) is 58.0 Å². The molecule has 1 heterocycles. The van der Waals surface area contributed by atoms with Gasteiger partial charge < -0.3 is 5.32 Å². The molecule has 0 saturated carbocycles. The van der Waals surface area contributed by atoms with Crippen LogP contribution in [0.25, 0.3) is 0 Å². The summed E-state index contributed by atoms with van der Waals surface area (Å²) in [6, 6.07) is 10.5. The topological polar surface area (TPSA) is 64.0 Å². The molecule has 0 aliphatic carbocycles. The third kappa shape index (κ3) is 3.37. The molecule has 1 atom stereocenters. The molecule has 0 aliphatic rings. The van der Waals surface area contributed by atoms with E-state index in [1.165, 1.54) is 19.2 Å². The van der Waals surface area contributed by atoms with Crippen LogP contribution in [-0.2, 0) is 7.05 Å². The van der Waals surface area contributed by atoms with Crippen molar-refractivity contribution >= 4 is 11.6 Å². The molecule has 2 rings (SSSR count). The Morgan fingerprint density at radius 3 is 2.67 bits per heavy atom. The van der Waals surface area contributed by atoms with Gasteiger partial charge >= 0.3 is 0 Å². The summed E-state index contributed by atoms with van der Waals surface area (Å²) in [7, 11) is 1.52. The van der Waals surface area contributed by atoms with Gasteiger partial charge in [0.1, 0.15) is 5.69 Å². The van der Waals surface area contributed by atoms with Crippen molar-refractivity contribution < 1.29 is 4.79 Å². The van der Waals surface area contributed by atoms with Crippen LogP contribution in [0.15, 0.2) is 41.2 Å². The van der Waals surface area contributed by atoms with Crippen LogP contribution >= 0.6 is 0 Å². The molecule has 0 aliphatic heterocycles. The average molecular weight is 285 g/mol. The summed E-state index contributed by atoms with van der Waals surface area (Å²) in [4.78, 5) is 23.6. The molecular weight excluding hydrogens is 266 g/mol. The number of nitrogens with zero attached hydrogens (tertiary/aromatic N) is 2. The quantitative estimate of drug-likeness (QED) is 0.939. The van der Waals surface area contributed by atoms with Crippen molar-refractivity contribution in [2.45, 2.75) is 26.2 Å². The molecule has 21 heavy (non-hydrogen) atoms. The first-order chi connectivity index (χ1) is 10.0. The van der Waals surface area contributed by atoms with Crippen molar-refractivity contribution in [1.29, 1.82) is 0 Å². The fourth-order valence-electron chi connectivity index (χ4n) is 2.07. The fraction of sp³-hybridized carbons (Fsp3) is 0.312. The van der Waals surface area contributed by atoms with Crippen molar-refractivity contribution in [2.75, 3.05) is 5.32 Å². The largest absolute Gasteiger partial charge is 0.320 e. The molecule has 0 saturated heterocycles. The summed E-state index contributed by atoms with van der Waals surface area (Å²) >= 11 is 0. The van der Waals surface area contributed by atoms with Gasteiger partial charge in [-0.1, -0.05) is 32.0 Å². The minimum atomic E-state index is -0.318. The Morgan fingerprint density at radius 2 is 2.00 bits per heavy atom. The Bertz CT molecular complexity index is 707. The summed E-state index contributed by atoms with van der Waals surface area (Å²) in [6.45, 7) is 4.23. The third-order valence-electron chi connectivity index (χ3n) is 3.55. The molecule has 5 heteroatoms. The number of para-hydroxylation sites is 1. The van der Waals surface area contributed by atoms with E-state index in [4.69, 9.17) is 0 Å². The summed E-state index contributed by atoms with van der Waals surface area (Å²) < 4.78 is 1.15. The first kappa shape index (κ1) is 15.0. The molecule has 1 aromatic carbocycles. The second-order valence-electron chi connectivity index (χ2n) is 5.03. The van der Waals surface area contributed by atoms with Crippen molar-refractivity contribution in [3.63, 3.8) is 0 Å². The van der Waals surface area contributed by atoms with Gasteiger partial charge in [-0.25, -0.2) is 4.68 Å². The van der Waals surface area contributed by atoms with E-state index in [-0.39, 0.29) is 17.2 Å². The number of carbonyl (C=O) groups is 1. The normalized spacial score (nSPS) is 12.0. The summed E-state index contributed by atoms with van der Waals surface area (Å²) in [6.07, 6.45) is 0.991. The molecule has 0 radical (unpaired) electrons. The first-order valence-electron chi connectivity index (χ1n) is 6.97. The van der Waals surface area contributed by atoms with E-state index < -0.39 is 0 Å². The maximum absolute atomic E-state index is 12.3. The van der Waals surface area contributed by atoms with Crippen LogP contribution in [-0.4, -0.2) is 15.7 Å². The number of benzene rings is 1. The molecule has 1 aromatic heterocycles. The minimum Gasteiger partial charge on any atom is -0.320 e. The van der Waals surface area contributed by atoms with Crippen molar-refractivity contribution in [3.8, 4) is 0 Å². The zero-order chi connectivity index (χ0) is 15.4. The number of hydrogen-bond acceptors (Lipinski definition) is 3. The van der Waals surface area contributed by atoms with Gasteiger partial charge in [0.2, 0.25) is 0 Å². The highest BCUT2D eigenvalue weighted by atomic mass is 16.2. The lowest BCUT2D eigenvalue weighted by molar-refractivity contribution is 0.102. The zero-order valence-corrected chi connectivity index (χ0v) is 12.5. The predicted octanol–water partition coefficient (Wildman–Crippen LogP) is 2.55. The maximum atomic E-state index is 12.3. The maximum Gasteiger partial charge on any atom is 0.276 e. The van der Waals surface area contributed by atoms with Crippen molar-refractivity contribution in [2.24, 2.45) is 7.05 Å². The van der Waals surface area contributed by atoms with Gasteiger partial charge in [-0.3, -0.25) is 9.59 Å². The highest BCUT2D eigenvalue weighted by Crippen LogP contribution is 2.26. The van der Waals surface area contributed by atoms with E-state index in [1.54, 1.807) is 0 Å². The van der Waals surface area contributed by atoms with Crippen molar-refractivity contribution in [1.82, 2.24) is 9.78 Å². The molecular formula is C16H19N3O2. The van der Waals surface area contributed by atoms with Crippen LogP contribution in [0.4, 0.5) is 5.69 Å². The average Bonchev–Trinajstić information content (AvgIpc) is 2.49. The minimum absolute atomic E-state index is 0.219. The number of carbonyl (C=O) groups excluding carboxylic acids is 1. The van der Waals surface area contributed by atoms with Gasteiger partial charge in [0, 0.05) is 18.8 Å². The molecule has 0 fully saturated rings. The van der Waals surface area contributed by atoms with E-state index in [0.29, 0.717) is 5.92 Å². The fourth-order valence-corrected chi connectivity index (χ4v) is 2.07. The molecule has 0 unspecified atom stereocenters. The molecule has 1 amide bonds. The number of rotatable bonds is 4.